The zero-order chi connectivity index (χ0) is 10.7. The van der Waals surface area contributed by atoms with Crippen LogP contribution in [-0.4, -0.2) is 13.7 Å². The number of nitrogens with two attached hydrogens (primary N) is 2. The first-order valence-electron chi connectivity index (χ1n) is 4.71. The fourth-order valence-electron chi connectivity index (χ4n) is 1.70. The molecule has 1 atom stereocenters. The number of hydrogen-bond acceptors (Lipinski definition) is 3. The highest BCUT2D eigenvalue weighted by Crippen LogP contribution is 2.28. The molecule has 0 aliphatic heterocycles. The van der Waals surface area contributed by atoms with Gasteiger partial charge in [0.15, 0.2) is 0 Å². The Labute approximate surface area is 85.0 Å². The van der Waals surface area contributed by atoms with E-state index in [1.54, 1.807) is 7.11 Å². The van der Waals surface area contributed by atoms with Gasteiger partial charge in [-0.2, -0.15) is 0 Å². The highest BCUT2D eigenvalue weighted by molar-refractivity contribution is 5.45. The quantitative estimate of drug-likeness (QED) is 0.761. The lowest BCUT2D eigenvalue weighted by Gasteiger charge is -2.17. The lowest BCUT2D eigenvalue weighted by Crippen LogP contribution is -2.22. The molecule has 0 aromatic heterocycles. The maximum absolute atomic E-state index is 5.92. The molecule has 0 heterocycles. The largest absolute Gasteiger partial charge is 0.496 e. The van der Waals surface area contributed by atoms with Crippen LogP contribution < -0.4 is 16.2 Å². The van der Waals surface area contributed by atoms with Crippen LogP contribution in [0.2, 0.25) is 0 Å². The number of methoxy groups -OCH3 is 1. The van der Waals surface area contributed by atoms with Crippen molar-refractivity contribution in [2.45, 2.75) is 19.9 Å². The summed E-state index contributed by atoms with van der Waals surface area (Å²) in [5.41, 5.74) is 14.8. The Morgan fingerprint density at radius 3 is 2.50 bits per heavy atom. The molecule has 0 unspecified atom stereocenters. The third-order valence-corrected chi connectivity index (χ3v) is 2.34. The number of rotatable bonds is 3. The van der Waals surface area contributed by atoms with E-state index in [9.17, 15) is 0 Å². The van der Waals surface area contributed by atoms with E-state index in [0.717, 1.165) is 16.9 Å². The molecule has 1 rings (SSSR count). The van der Waals surface area contributed by atoms with Crippen molar-refractivity contribution in [2.75, 3.05) is 13.7 Å². The fraction of sp³-hybridized carbons (Fsp3) is 0.455. The van der Waals surface area contributed by atoms with Crippen molar-refractivity contribution >= 4 is 0 Å². The summed E-state index contributed by atoms with van der Waals surface area (Å²) in [6, 6.07) is 3.93. The maximum Gasteiger partial charge on any atom is 0.124 e. The number of hydrogen-bond donors (Lipinski definition) is 2. The smallest absolute Gasteiger partial charge is 0.124 e. The normalized spacial score (nSPS) is 12.6. The molecule has 1 aromatic rings. The van der Waals surface area contributed by atoms with Crippen LogP contribution in [0.5, 0.6) is 5.75 Å². The highest BCUT2D eigenvalue weighted by Gasteiger charge is 2.13. The number of aryl methyl sites for hydroxylation is 2. The Balaban J connectivity index is 3.24. The van der Waals surface area contributed by atoms with Gasteiger partial charge in [-0.05, 0) is 31.0 Å². The van der Waals surface area contributed by atoms with Crippen molar-refractivity contribution in [3.05, 3.63) is 28.8 Å². The van der Waals surface area contributed by atoms with E-state index in [1.807, 2.05) is 19.9 Å². The first-order valence-corrected chi connectivity index (χ1v) is 4.71. The molecule has 3 nitrogen and oxygen atoms in total. The monoisotopic (exact) mass is 194 g/mol. The molecule has 0 radical (unpaired) electrons. The minimum Gasteiger partial charge on any atom is -0.496 e. The van der Waals surface area contributed by atoms with Crippen molar-refractivity contribution in [2.24, 2.45) is 11.5 Å². The molecule has 0 saturated heterocycles. The summed E-state index contributed by atoms with van der Waals surface area (Å²) in [6.45, 7) is 4.49. The molecule has 4 N–H and O–H groups in total. The summed E-state index contributed by atoms with van der Waals surface area (Å²) < 4.78 is 5.29. The Morgan fingerprint density at radius 1 is 1.36 bits per heavy atom. The third kappa shape index (κ3) is 2.05. The van der Waals surface area contributed by atoms with Gasteiger partial charge in [-0.15, -0.1) is 0 Å². The molecule has 1 aromatic carbocycles. The average Bonchev–Trinajstić information content (AvgIpc) is 2.15. The van der Waals surface area contributed by atoms with E-state index < -0.39 is 0 Å². The van der Waals surface area contributed by atoms with Crippen molar-refractivity contribution in [3.63, 3.8) is 0 Å². The molecule has 3 heteroatoms. The van der Waals surface area contributed by atoms with Gasteiger partial charge in [0.2, 0.25) is 0 Å². The minimum atomic E-state index is -0.148. The molecule has 0 bridgehead atoms. The van der Waals surface area contributed by atoms with Crippen LogP contribution in [0.25, 0.3) is 0 Å². The van der Waals surface area contributed by atoms with E-state index in [2.05, 4.69) is 6.07 Å². The van der Waals surface area contributed by atoms with Crippen molar-refractivity contribution in [1.82, 2.24) is 0 Å². The van der Waals surface area contributed by atoms with E-state index >= 15 is 0 Å². The SMILES string of the molecule is COc1cc(C)cc(C)c1[C@@H](N)CN. The van der Waals surface area contributed by atoms with E-state index in [4.69, 9.17) is 16.2 Å². The van der Waals surface area contributed by atoms with Crippen LogP contribution in [-0.2, 0) is 0 Å². The van der Waals surface area contributed by atoms with Crippen LogP contribution in [0, 0.1) is 13.8 Å². The number of ether oxygens (including phenoxy) is 1. The van der Waals surface area contributed by atoms with Crippen LogP contribution >= 0.6 is 0 Å². The standard InChI is InChI=1S/C11H18N2O/c1-7-4-8(2)11(9(13)6-12)10(5-7)14-3/h4-5,9H,6,12-13H2,1-3H3/t9-/m0/s1. The summed E-state index contributed by atoms with van der Waals surface area (Å²) in [7, 11) is 1.65. The molecule has 0 spiro atoms. The molecule has 78 valence electrons. The topological polar surface area (TPSA) is 61.3 Å². The van der Waals surface area contributed by atoms with Crippen LogP contribution in [0.4, 0.5) is 0 Å². The molecular formula is C11H18N2O. The van der Waals surface area contributed by atoms with Gasteiger partial charge in [0.25, 0.3) is 0 Å². The molecule has 0 saturated carbocycles. The van der Waals surface area contributed by atoms with Crippen molar-refractivity contribution in [1.29, 1.82) is 0 Å². The van der Waals surface area contributed by atoms with E-state index in [1.165, 1.54) is 5.56 Å². The van der Waals surface area contributed by atoms with Crippen LogP contribution in [0.3, 0.4) is 0 Å². The van der Waals surface area contributed by atoms with Gasteiger partial charge >= 0.3 is 0 Å². The lowest BCUT2D eigenvalue weighted by molar-refractivity contribution is 0.405. The highest BCUT2D eigenvalue weighted by atomic mass is 16.5. The van der Waals surface area contributed by atoms with Gasteiger partial charge < -0.3 is 16.2 Å². The summed E-state index contributed by atoms with van der Waals surface area (Å²) in [5, 5.41) is 0. The van der Waals surface area contributed by atoms with Gasteiger partial charge in [0.1, 0.15) is 5.75 Å². The lowest BCUT2D eigenvalue weighted by atomic mass is 9.98. The molecular weight excluding hydrogens is 176 g/mol. The van der Waals surface area contributed by atoms with Gasteiger partial charge in [-0.1, -0.05) is 6.07 Å². The predicted octanol–water partition coefficient (Wildman–Crippen LogP) is 1.27. The molecule has 0 aliphatic carbocycles. The maximum atomic E-state index is 5.92. The van der Waals surface area contributed by atoms with Crippen molar-refractivity contribution < 1.29 is 4.74 Å². The second-order valence-corrected chi connectivity index (χ2v) is 3.54. The van der Waals surface area contributed by atoms with Gasteiger partial charge in [0, 0.05) is 18.2 Å². The Kier molecular flexibility index (Phi) is 3.49. The van der Waals surface area contributed by atoms with Gasteiger partial charge in [-0.3, -0.25) is 0 Å². The molecule has 0 amide bonds. The average molecular weight is 194 g/mol. The summed E-state index contributed by atoms with van der Waals surface area (Å²) in [6.07, 6.45) is 0. The zero-order valence-corrected chi connectivity index (χ0v) is 9.00. The van der Waals surface area contributed by atoms with Crippen molar-refractivity contribution in [3.8, 4) is 5.75 Å². The van der Waals surface area contributed by atoms with Crippen LogP contribution in [0.15, 0.2) is 12.1 Å². The Bertz CT molecular complexity index is 323. The zero-order valence-electron chi connectivity index (χ0n) is 9.00. The Morgan fingerprint density at radius 2 is 2.00 bits per heavy atom. The fourth-order valence-corrected chi connectivity index (χ4v) is 1.70. The van der Waals surface area contributed by atoms with E-state index in [-0.39, 0.29) is 6.04 Å². The summed E-state index contributed by atoms with van der Waals surface area (Å²) in [4.78, 5) is 0. The predicted molar refractivity (Wildman–Crippen MR) is 58.5 cm³/mol. The molecule has 0 aliphatic rings. The molecule has 14 heavy (non-hydrogen) atoms. The van der Waals surface area contributed by atoms with E-state index in [0.29, 0.717) is 6.54 Å². The first-order chi connectivity index (χ1) is 6.60. The molecule has 0 fully saturated rings. The first kappa shape index (κ1) is 11.0. The van der Waals surface area contributed by atoms with Gasteiger partial charge in [-0.25, -0.2) is 0 Å². The third-order valence-electron chi connectivity index (χ3n) is 2.34. The second-order valence-electron chi connectivity index (χ2n) is 3.54. The minimum absolute atomic E-state index is 0.148. The Hall–Kier alpha value is -1.06. The summed E-state index contributed by atoms with van der Waals surface area (Å²) in [5.74, 6) is 0.834. The second kappa shape index (κ2) is 4.44. The number of benzene rings is 1. The van der Waals surface area contributed by atoms with Crippen LogP contribution in [0.1, 0.15) is 22.7 Å². The van der Waals surface area contributed by atoms with Gasteiger partial charge in [0.05, 0.1) is 7.11 Å². The summed E-state index contributed by atoms with van der Waals surface area (Å²) >= 11 is 0.